The van der Waals surface area contributed by atoms with Crippen molar-refractivity contribution in [2.75, 3.05) is 4.90 Å². The molecule has 0 radical (unpaired) electrons. The fraction of sp³-hybridized carbons (Fsp3) is 0.192. The van der Waals surface area contributed by atoms with Gasteiger partial charge in [-0.1, -0.05) is 18.2 Å². The van der Waals surface area contributed by atoms with Crippen molar-refractivity contribution in [3.63, 3.8) is 0 Å². The van der Waals surface area contributed by atoms with Crippen molar-refractivity contribution in [3.8, 4) is 0 Å². The second-order valence-electron chi connectivity index (χ2n) is 8.26. The first-order chi connectivity index (χ1) is 15.6. The Morgan fingerprint density at radius 3 is 2.53 bits per heavy atom. The topological polar surface area (TPSA) is 46.0 Å². The Morgan fingerprint density at radius 2 is 1.81 bits per heavy atom. The first-order valence-electron chi connectivity index (χ1n) is 10.7. The lowest BCUT2D eigenvalue weighted by molar-refractivity contribution is 0.533. The molecule has 0 amide bonds. The van der Waals surface area contributed by atoms with Gasteiger partial charge in [0.1, 0.15) is 6.04 Å². The van der Waals surface area contributed by atoms with E-state index < -0.39 is 0 Å². The second kappa shape index (κ2) is 8.55. The quantitative estimate of drug-likeness (QED) is 0.437. The van der Waals surface area contributed by atoms with Gasteiger partial charge in [0.25, 0.3) is 0 Å². The molecule has 4 aromatic rings. The maximum atomic E-state index is 5.88. The molecule has 1 saturated heterocycles. The van der Waals surface area contributed by atoms with Crippen LogP contribution in [0.2, 0.25) is 0 Å². The number of thiocarbonyl (C=S) groups is 1. The molecule has 0 spiro atoms. The number of hydrogen-bond acceptors (Lipinski definition) is 3. The zero-order valence-corrected chi connectivity index (χ0v) is 19.0. The van der Waals surface area contributed by atoms with E-state index in [2.05, 4.69) is 87.3 Å². The number of pyridine rings is 2. The standard InChI is InChI=1S/C26H25N5S/c1-18-13-19(2)15-21(14-18)31-25(24(29-26(31)32)22-8-3-4-11-28-22)23-9-6-12-30(23)17-20-7-5-10-27-16-20/h3-16,24-25H,17H2,1-2H3,(H,29,32)/t24-,25+/m1/s1. The van der Waals surface area contributed by atoms with Gasteiger partial charge >= 0.3 is 0 Å². The highest BCUT2D eigenvalue weighted by atomic mass is 32.1. The van der Waals surface area contributed by atoms with E-state index in [9.17, 15) is 0 Å². The molecule has 0 unspecified atom stereocenters. The zero-order chi connectivity index (χ0) is 22.1. The Hall–Kier alpha value is -3.51. The maximum absolute atomic E-state index is 5.88. The number of rotatable bonds is 5. The summed E-state index contributed by atoms with van der Waals surface area (Å²) in [4.78, 5) is 11.2. The van der Waals surface area contributed by atoms with Gasteiger partial charge in [0, 0.05) is 42.7 Å². The first-order valence-corrected chi connectivity index (χ1v) is 11.1. The molecular weight excluding hydrogens is 414 g/mol. The van der Waals surface area contributed by atoms with Crippen molar-refractivity contribution < 1.29 is 0 Å². The summed E-state index contributed by atoms with van der Waals surface area (Å²) in [5.74, 6) is 0. The Bertz CT molecular complexity index is 1220. The van der Waals surface area contributed by atoms with Crippen molar-refractivity contribution >= 4 is 23.0 Å². The highest BCUT2D eigenvalue weighted by molar-refractivity contribution is 7.80. The number of aromatic nitrogens is 3. The van der Waals surface area contributed by atoms with Crippen molar-refractivity contribution in [2.24, 2.45) is 0 Å². The molecule has 4 heterocycles. The van der Waals surface area contributed by atoms with Crippen LogP contribution in [0.15, 0.2) is 85.5 Å². The Kier molecular flexibility index (Phi) is 5.45. The number of benzene rings is 1. The highest BCUT2D eigenvalue weighted by Gasteiger charge is 2.42. The largest absolute Gasteiger partial charge is 0.351 e. The third kappa shape index (κ3) is 3.89. The molecule has 2 atom stereocenters. The molecule has 0 aliphatic carbocycles. The fourth-order valence-corrected chi connectivity index (χ4v) is 4.90. The van der Waals surface area contributed by atoms with Crippen LogP contribution >= 0.6 is 12.2 Å². The molecular formula is C26H25N5S. The minimum atomic E-state index is -0.0629. The lowest BCUT2D eigenvalue weighted by atomic mass is 10.00. The summed E-state index contributed by atoms with van der Waals surface area (Å²) in [6, 6.07) is 20.9. The van der Waals surface area contributed by atoms with Crippen LogP contribution in [0.4, 0.5) is 5.69 Å². The smallest absolute Gasteiger partial charge is 0.174 e. The molecule has 0 bridgehead atoms. The number of anilines is 1. The molecule has 0 saturated carbocycles. The van der Waals surface area contributed by atoms with Crippen LogP contribution < -0.4 is 10.2 Å². The number of aryl methyl sites for hydroxylation is 2. The number of hydrogen-bond donors (Lipinski definition) is 1. The molecule has 6 heteroatoms. The average molecular weight is 440 g/mol. The van der Waals surface area contributed by atoms with Crippen LogP contribution in [0.3, 0.4) is 0 Å². The Morgan fingerprint density at radius 1 is 0.969 bits per heavy atom. The van der Waals surface area contributed by atoms with E-state index >= 15 is 0 Å². The van der Waals surface area contributed by atoms with Gasteiger partial charge in [0.15, 0.2) is 5.11 Å². The van der Waals surface area contributed by atoms with Crippen LogP contribution in [0.25, 0.3) is 0 Å². The van der Waals surface area contributed by atoms with Gasteiger partial charge in [-0.05, 0) is 85.2 Å². The van der Waals surface area contributed by atoms with Crippen LogP contribution in [0.5, 0.6) is 0 Å². The van der Waals surface area contributed by atoms with Gasteiger partial charge in [-0.25, -0.2) is 0 Å². The lowest BCUT2D eigenvalue weighted by Crippen LogP contribution is -2.30. The van der Waals surface area contributed by atoms with Crippen LogP contribution in [0.1, 0.15) is 40.2 Å². The molecule has 32 heavy (non-hydrogen) atoms. The van der Waals surface area contributed by atoms with E-state index in [4.69, 9.17) is 12.2 Å². The third-order valence-corrected chi connectivity index (χ3v) is 6.14. The van der Waals surface area contributed by atoms with Crippen molar-refractivity contribution in [1.82, 2.24) is 19.9 Å². The zero-order valence-electron chi connectivity index (χ0n) is 18.1. The molecule has 1 aliphatic heterocycles. The molecule has 1 aromatic carbocycles. The summed E-state index contributed by atoms with van der Waals surface area (Å²) in [5, 5.41) is 4.27. The fourth-order valence-electron chi connectivity index (χ4n) is 4.55. The first kappa shape index (κ1) is 20.4. The monoisotopic (exact) mass is 439 g/mol. The van der Waals surface area contributed by atoms with Gasteiger partial charge in [0.2, 0.25) is 0 Å². The predicted molar refractivity (Wildman–Crippen MR) is 132 cm³/mol. The second-order valence-corrected chi connectivity index (χ2v) is 8.65. The predicted octanol–water partition coefficient (Wildman–Crippen LogP) is 5.12. The number of nitrogens with one attached hydrogen (secondary N) is 1. The molecule has 1 N–H and O–H groups in total. The SMILES string of the molecule is Cc1cc(C)cc(N2C(=S)N[C@H](c3ccccn3)[C@@H]2c2cccn2Cc2cccnc2)c1. The summed E-state index contributed by atoms with van der Waals surface area (Å²) >= 11 is 5.88. The summed E-state index contributed by atoms with van der Waals surface area (Å²) in [6.45, 7) is 4.99. The van der Waals surface area contributed by atoms with Crippen molar-refractivity contribution in [1.29, 1.82) is 0 Å². The van der Waals surface area contributed by atoms with E-state index in [0.29, 0.717) is 5.11 Å². The summed E-state index contributed by atoms with van der Waals surface area (Å²) in [6.07, 6.45) is 7.68. The van der Waals surface area contributed by atoms with Gasteiger partial charge in [0.05, 0.1) is 11.7 Å². The molecule has 5 rings (SSSR count). The summed E-state index contributed by atoms with van der Waals surface area (Å²) in [5.41, 5.74) is 6.84. The number of nitrogens with zero attached hydrogens (tertiary/aromatic N) is 4. The van der Waals surface area contributed by atoms with E-state index in [-0.39, 0.29) is 12.1 Å². The lowest BCUT2D eigenvalue weighted by Gasteiger charge is -2.29. The van der Waals surface area contributed by atoms with Crippen LogP contribution in [-0.4, -0.2) is 19.6 Å². The Balaban J connectivity index is 1.62. The molecule has 1 aliphatic rings. The van der Waals surface area contributed by atoms with Crippen LogP contribution in [-0.2, 0) is 6.54 Å². The molecule has 5 nitrogen and oxygen atoms in total. The van der Waals surface area contributed by atoms with E-state index in [1.165, 1.54) is 16.8 Å². The van der Waals surface area contributed by atoms with E-state index in [0.717, 1.165) is 23.5 Å². The Labute approximate surface area is 193 Å². The minimum absolute atomic E-state index is 0.0368. The average Bonchev–Trinajstić information content (AvgIpc) is 3.38. The van der Waals surface area contributed by atoms with Crippen molar-refractivity contribution in [3.05, 3.63) is 114 Å². The van der Waals surface area contributed by atoms with Crippen molar-refractivity contribution in [2.45, 2.75) is 32.5 Å². The molecule has 3 aromatic heterocycles. The summed E-state index contributed by atoms with van der Waals surface area (Å²) in [7, 11) is 0. The molecule has 160 valence electrons. The van der Waals surface area contributed by atoms with Crippen LogP contribution in [0, 0.1) is 13.8 Å². The maximum Gasteiger partial charge on any atom is 0.174 e. The normalized spacial score (nSPS) is 18.1. The summed E-state index contributed by atoms with van der Waals surface area (Å²) < 4.78 is 2.28. The third-order valence-electron chi connectivity index (χ3n) is 5.83. The minimum Gasteiger partial charge on any atom is -0.351 e. The van der Waals surface area contributed by atoms with Gasteiger partial charge in [-0.15, -0.1) is 0 Å². The van der Waals surface area contributed by atoms with Gasteiger partial charge < -0.3 is 14.8 Å². The van der Waals surface area contributed by atoms with E-state index in [1.54, 1.807) is 6.20 Å². The van der Waals surface area contributed by atoms with Gasteiger partial charge in [-0.3, -0.25) is 9.97 Å². The molecule has 1 fully saturated rings. The van der Waals surface area contributed by atoms with Gasteiger partial charge in [-0.2, -0.15) is 0 Å². The highest BCUT2D eigenvalue weighted by Crippen LogP contribution is 2.42. The van der Waals surface area contributed by atoms with E-state index in [1.807, 2.05) is 30.6 Å².